The fourth-order valence-electron chi connectivity index (χ4n) is 4.26. The zero-order chi connectivity index (χ0) is 25.2. The number of amides is 1. The number of nitrogens with one attached hydrogen (secondary N) is 1. The second-order valence-electron chi connectivity index (χ2n) is 9.46. The number of ether oxygens (including phenoxy) is 2. The van der Waals surface area contributed by atoms with E-state index in [1.807, 2.05) is 29.2 Å². The van der Waals surface area contributed by atoms with Crippen LogP contribution in [0.3, 0.4) is 0 Å². The van der Waals surface area contributed by atoms with Gasteiger partial charge in [-0.05, 0) is 54.2 Å². The molecule has 1 heterocycles. The Morgan fingerprint density at radius 2 is 1.89 bits per heavy atom. The molecule has 1 aliphatic rings. The zero-order valence-corrected chi connectivity index (χ0v) is 20.7. The molecule has 0 aliphatic carbocycles. The minimum absolute atomic E-state index is 0.132. The largest absolute Gasteiger partial charge is 0.493 e. The molecule has 0 radical (unpaired) electrons. The molecule has 7 heteroatoms. The number of aliphatic hydroxyl groups is 1. The fourth-order valence-corrected chi connectivity index (χ4v) is 4.26. The van der Waals surface area contributed by atoms with E-state index in [9.17, 15) is 14.3 Å². The first-order valence-electron chi connectivity index (χ1n) is 12.3. The Labute approximate surface area is 207 Å². The predicted octanol–water partition coefficient (Wildman–Crippen LogP) is 4.44. The highest BCUT2D eigenvalue weighted by molar-refractivity contribution is 5.76. The Kier molecular flexibility index (Phi) is 10.1. The van der Waals surface area contributed by atoms with E-state index in [0.29, 0.717) is 43.5 Å². The maximum absolute atomic E-state index is 13.7. The summed E-state index contributed by atoms with van der Waals surface area (Å²) in [6.07, 6.45) is 1.16. The molecule has 190 valence electrons. The number of nitrogens with zero attached hydrogens (tertiary/aromatic N) is 1. The maximum Gasteiger partial charge on any atom is 0.223 e. The summed E-state index contributed by atoms with van der Waals surface area (Å²) in [6, 6.07) is 14.3. The van der Waals surface area contributed by atoms with Gasteiger partial charge in [0.1, 0.15) is 23.8 Å². The van der Waals surface area contributed by atoms with Crippen molar-refractivity contribution in [3.05, 3.63) is 72.5 Å². The summed E-state index contributed by atoms with van der Waals surface area (Å²) in [6.45, 7) is 9.35. The molecule has 0 saturated carbocycles. The normalized spacial score (nSPS) is 17.7. The molecular weight excluding hydrogens is 447 g/mol. The van der Waals surface area contributed by atoms with Gasteiger partial charge in [-0.25, -0.2) is 4.39 Å². The molecule has 2 N–H and O–H groups in total. The molecule has 0 spiro atoms. The van der Waals surface area contributed by atoms with Crippen LogP contribution in [0, 0.1) is 5.92 Å². The number of carbonyl (C=O) groups is 1. The van der Waals surface area contributed by atoms with Crippen LogP contribution in [-0.4, -0.2) is 54.4 Å². The lowest BCUT2D eigenvalue weighted by atomic mass is 9.97. The monoisotopic (exact) mass is 484 g/mol. The van der Waals surface area contributed by atoms with E-state index in [0.717, 1.165) is 12.0 Å². The highest BCUT2D eigenvalue weighted by atomic mass is 19.1. The van der Waals surface area contributed by atoms with E-state index in [1.54, 1.807) is 24.3 Å². The molecular formula is C28H37FN2O4. The molecule has 6 nitrogen and oxygen atoms in total. The number of alkyl halides is 1. The molecule has 1 aliphatic heterocycles. The molecule has 2 aromatic rings. The first kappa shape index (κ1) is 26.7. The first-order chi connectivity index (χ1) is 16.8. The van der Waals surface area contributed by atoms with Gasteiger partial charge in [-0.2, -0.15) is 0 Å². The van der Waals surface area contributed by atoms with Crippen LogP contribution in [0.15, 0.2) is 61.4 Å². The SMILES string of the molecule is C=COc1ccc(OCCC(=O)NC(CN2CCC(F)C2)C(O)c2ccc(CC(C)C)cc2)cc1. The van der Waals surface area contributed by atoms with Crippen LogP contribution in [0.5, 0.6) is 11.5 Å². The van der Waals surface area contributed by atoms with Gasteiger partial charge < -0.3 is 19.9 Å². The molecule has 3 atom stereocenters. The standard InChI is InChI=1S/C28H37FN2O4/c1-4-34-24-9-11-25(12-10-24)35-16-14-27(32)30-26(19-31-15-13-23(29)18-31)28(33)22-7-5-21(6-8-22)17-20(2)3/h4-12,20,23,26,28,33H,1,13-19H2,2-3H3,(H,30,32). The van der Waals surface area contributed by atoms with Crippen LogP contribution in [0.1, 0.15) is 43.9 Å². The van der Waals surface area contributed by atoms with Gasteiger partial charge in [0, 0.05) is 19.6 Å². The van der Waals surface area contributed by atoms with E-state index in [2.05, 4.69) is 25.7 Å². The predicted molar refractivity (Wildman–Crippen MR) is 135 cm³/mol. The number of halogens is 1. The van der Waals surface area contributed by atoms with Crippen molar-refractivity contribution < 1.29 is 23.8 Å². The Morgan fingerprint density at radius 3 is 2.49 bits per heavy atom. The topological polar surface area (TPSA) is 71.0 Å². The fraction of sp³-hybridized carbons (Fsp3) is 0.464. The lowest BCUT2D eigenvalue weighted by Crippen LogP contribution is -2.47. The molecule has 0 aromatic heterocycles. The van der Waals surface area contributed by atoms with Gasteiger partial charge in [-0.1, -0.05) is 44.7 Å². The van der Waals surface area contributed by atoms with Gasteiger partial charge in [-0.15, -0.1) is 0 Å². The van der Waals surface area contributed by atoms with Crippen molar-refractivity contribution in [2.24, 2.45) is 5.92 Å². The molecule has 1 saturated heterocycles. The third-order valence-corrected chi connectivity index (χ3v) is 6.00. The lowest BCUT2D eigenvalue weighted by Gasteiger charge is -2.29. The second-order valence-corrected chi connectivity index (χ2v) is 9.46. The molecule has 35 heavy (non-hydrogen) atoms. The minimum Gasteiger partial charge on any atom is -0.493 e. The van der Waals surface area contributed by atoms with Crippen LogP contribution in [-0.2, 0) is 11.2 Å². The van der Waals surface area contributed by atoms with Crippen molar-refractivity contribution >= 4 is 5.91 Å². The number of benzene rings is 2. The number of aliphatic hydroxyl groups excluding tert-OH is 1. The molecule has 3 unspecified atom stereocenters. The number of carbonyl (C=O) groups excluding carboxylic acids is 1. The Balaban J connectivity index is 1.58. The number of hydrogen-bond donors (Lipinski definition) is 2. The van der Waals surface area contributed by atoms with Gasteiger partial charge >= 0.3 is 0 Å². The number of likely N-dealkylation sites (tertiary alicyclic amines) is 1. The van der Waals surface area contributed by atoms with Crippen LogP contribution >= 0.6 is 0 Å². The summed E-state index contributed by atoms with van der Waals surface area (Å²) in [7, 11) is 0. The van der Waals surface area contributed by atoms with Crippen molar-refractivity contribution in [1.82, 2.24) is 10.2 Å². The second kappa shape index (κ2) is 13.3. The van der Waals surface area contributed by atoms with Crippen LogP contribution in [0.2, 0.25) is 0 Å². The van der Waals surface area contributed by atoms with Gasteiger partial charge in [0.25, 0.3) is 0 Å². The number of rotatable bonds is 13. The van der Waals surface area contributed by atoms with Crippen molar-refractivity contribution in [2.75, 3.05) is 26.2 Å². The van der Waals surface area contributed by atoms with Crippen molar-refractivity contribution in [3.8, 4) is 11.5 Å². The van der Waals surface area contributed by atoms with Crippen LogP contribution in [0.4, 0.5) is 4.39 Å². The van der Waals surface area contributed by atoms with Gasteiger partial charge in [-0.3, -0.25) is 9.69 Å². The van der Waals surface area contributed by atoms with E-state index >= 15 is 0 Å². The Bertz CT molecular complexity index is 933. The van der Waals surface area contributed by atoms with E-state index in [4.69, 9.17) is 9.47 Å². The lowest BCUT2D eigenvalue weighted by molar-refractivity contribution is -0.123. The average molecular weight is 485 g/mol. The van der Waals surface area contributed by atoms with Crippen molar-refractivity contribution in [1.29, 1.82) is 0 Å². The smallest absolute Gasteiger partial charge is 0.223 e. The summed E-state index contributed by atoms with van der Waals surface area (Å²) >= 11 is 0. The average Bonchev–Trinajstić information content (AvgIpc) is 3.24. The zero-order valence-electron chi connectivity index (χ0n) is 20.7. The van der Waals surface area contributed by atoms with Gasteiger partial charge in [0.05, 0.1) is 25.3 Å². The Morgan fingerprint density at radius 1 is 1.20 bits per heavy atom. The first-order valence-corrected chi connectivity index (χ1v) is 12.3. The Hall–Kier alpha value is -2.90. The summed E-state index contributed by atoms with van der Waals surface area (Å²) in [5, 5.41) is 14.1. The van der Waals surface area contributed by atoms with Crippen LogP contribution in [0.25, 0.3) is 0 Å². The van der Waals surface area contributed by atoms with E-state index in [1.165, 1.54) is 11.8 Å². The molecule has 1 fully saturated rings. The van der Waals surface area contributed by atoms with Crippen LogP contribution < -0.4 is 14.8 Å². The van der Waals surface area contributed by atoms with Crippen molar-refractivity contribution in [2.45, 2.75) is 51.4 Å². The molecule has 3 rings (SSSR count). The van der Waals surface area contributed by atoms with E-state index in [-0.39, 0.29) is 18.9 Å². The highest BCUT2D eigenvalue weighted by Crippen LogP contribution is 2.22. The third-order valence-electron chi connectivity index (χ3n) is 6.00. The third kappa shape index (κ3) is 8.67. The minimum atomic E-state index is -0.899. The van der Waals surface area contributed by atoms with Gasteiger partial charge in [0.15, 0.2) is 0 Å². The molecule has 1 amide bonds. The summed E-state index contributed by atoms with van der Waals surface area (Å²) in [5.74, 6) is 1.59. The maximum atomic E-state index is 13.7. The molecule has 2 aromatic carbocycles. The summed E-state index contributed by atoms with van der Waals surface area (Å²) in [4.78, 5) is 14.7. The summed E-state index contributed by atoms with van der Waals surface area (Å²) < 4.78 is 24.6. The molecule has 0 bridgehead atoms. The van der Waals surface area contributed by atoms with Crippen molar-refractivity contribution in [3.63, 3.8) is 0 Å². The van der Waals surface area contributed by atoms with E-state index < -0.39 is 18.3 Å². The summed E-state index contributed by atoms with van der Waals surface area (Å²) in [5.41, 5.74) is 1.94. The number of hydrogen-bond acceptors (Lipinski definition) is 5. The highest BCUT2D eigenvalue weighted by Gasteiger charge is 2.29. The van der Waals surface area contributed by atoms with Gasteiger partial charge in [0.2, 0.25) is 5.91 Å². The quantitative estimate of drug-likeness (QED) is 0.412.